The van der Waals surface area contributed by atoms with E-state index >= 15 is 0 Å². The van der Waals surface area contributed by atoms with Gasteiger partial charge in [-0.25, -0.2) is 0 Å². The summed E-state index contributed by atoms with van der Waals surface area (Å²) in [5.74, 6) is 0.648. The molecule has 0 unspecified atom stereocenters. The third-order valence-corrected chi connectivity index (χ3v) is 4.01. The van der Waals surface area contributed by atoms with Crippen LogP contribution in [0.25, 0.3) is 0 Å². The molecule has 1 aliphatic rings. The van der Waals surface area contributed by atoms with Gasteiger partial charge in [0.05, 0.1) is 18.4 Å². The van der Waals surface area contributed by atoms with Crippen molar-refractivity contribution < 1.29 is 14.3 Å². The van der Waals surface area contributed by atoms with E-state index in [-0.39, 0.29) is 11.8 Å². The molecule has 1 atom stereocenters. The molecular formula is C17H22N2O3. The van der Waals surface area contributed by atoms with Gasteiger partial charge in [0.2, 0.25) is 0 Å². The summed E-state index contributed by atoms with van der Waals surface area (Å²) in [5.41, 5.74) is 0.0319. The van der Waals surface area contributed by atoms with Crippen molar-refractivity contribution in [1.82, 2.24) is 0 Å². The minimum Gasteiger partial charge on any atom is -0.497 e. The molecule has 1 aromatic carbocycles. The van der Waals surface area contributed by atoms with Crippen LogP contribution in [0.4, 0.5) is 5.69 Å². The molecule has 22 heavy (non-hydrogen) atoms. The highest BCUT2D eigenvalue weighted by Crippen LogP contribution is 2.42. The van der Waals surface area contributed by atoms with Crippen LogP contribution in [0, 0.1) is 17.2 Å². The number of ether oxygens (including phenoxy) is 2. The molecule has 1 aliphatic carbocycles. The van der Waals surface area contributed by atoms with Gasteiger partial charge in [-0.05, 0) is 50.3 Å². The van der Waals surface area contributed by atoms with Crippen molar-refractivity contribution in [3.63, 3.8) is 0 Å². The normalized spacial score (nSPS) is 16.5. The first kappa shape index (κ1) is 16.3. The Balaban J connectivity index is 2.18. The van der Waals surface area contributed by atoms with Gasteiger partial charge in [-0.3, -0.25) is 4.79 Å². The zero-order chi connectivity index (χ0) is 16.2. The number of benzene rings is 1. The summed E-state index contributed by atoms with van der Waals surface area (Å²) < 4.78 is 10.9. The van der Waals surface area contributed by atoms with E-state index in [0.29, 0.717) is 23.6 Å². The van der Waals surface area contributed by atoms with E-state index < -0.39 is 5.60 Å². The smallest absolute Gasteiger partial charge is 0.256 e. The molecule has 0 aromatic heterocycles. The monoisotopic (exact) mass is 302 g/mol. The van der Waals surface area contributed by atoms with E-state index in [1.807, 2.05) is 13.8 Å². The number of rotatable bonds is 7. The van der Waals surface area contributed by atoms with Gasteiger partial charge in [-0.1, -0.05) is 6.92 Å². The van der Waals surface area contributed by atoms with E-state index in [1.165, 1.54) is 7.11 Å². The van der Waals surface area contributed by atoms with Gasteiger partial charge in [0, 0.05) is 6.61 Å². The number of nitriles is 1. The molecule has 1 saturated carbocycles. The first-order chi connectivity index (χ1) is 10.5. The maximum atomic E-state index is 12.7. The van der Waals surface area contributed by atoms with Gasteiger partial charge in [0.25, 0.3) is 5.91 Å². The Hall–Kier alpha value is -2.06. The number of hydrogen-bond donors (Lipinski definition) is 1. The zero-order valence-electron chi connectivity index (χ0n) is 13.3. The van der Waals surface area contributed by atoms with E-state index in [0.717, 1.165) is 19.3 Å². The van der Waals surface area contributed by atoms with E-state index in [1.54, 1.807) is 18.2 Å². The highest BCUT2D eigenvalue weighted by atomic mass is 16.5. The lowest BCUT2D eigenvalue weighted by molar-refractivity contribution is -0.142. The molecule has 0 heterocycles. The first-order valence-electron chi connectivity index (χ1n) is 7.58. The lowest BCUT2D eigenvalue weighted by Gasteiger charge is -2.28. The molecule has 1 amide bonds. The zero-order valence-corrected chi connectivity index (χ0v) is 13.3. The second kappa shape index (κ2) is 6.80. The van der Waals surface area contributed by atoms with Crippen LogP contribution in [0.3, 0.4) is 0 Å². The van der Waals surface area contributed by atoms with E-state index in [9.17, 15) is 10.1 Å². The summed E-state index contributed by atoms with van der Waals surface area (Å²) in [5, 5.41) is 12.1. The topological polar surface area (TPSA) is 71.3 Å². The predicted molar refractivity (Wildman–Crippen MR) is 83.7 cm³/mol. The molecule has 2 rings (SSSR count). The summed E-state index contributed by atoms with van der Waals surface area (Å²) in [6.07, 6.45) is 2.87. The molecule has 1 N–H and O–H groups in total. The average molecular weight is 302 g/mol. The largest absolute Gasteiger partial charge is 0.497 e. The molecular weight excluding hydrogens is 280 g/mol. The van der Waals surface area contributed by atoms with Crippen molar-refractivity contribution >= 4 is 11.6 Å². The summed E-state index contributed by atoms with van der Waals surface area (Å²) in [6, 6.07) is 7.09. The Bertz CT molecular complexity index is 590. The highest BCUT2D eigenvalue weighted by Gasteiger charge is 2.48. The van der Waals surface area contributed by atoms with Crippen molar-refractivity contribution in [2.45, 2.75) is 38.7 Å². The number of carbonyl (C=O) groups is 1. The fourth-order valence-corrected chi connectivity index (χ4v) is 2.42. The Morgan fingerprint density at radius 3 is 2.77 bits per heavy atom. The molecule has 5 nitrogen and oxygen atoms in total. The first-order valence-corrected chi connectivity index (χ1v) is 7.58. The number of nitrogens with one attached hydrogen (secondary N) is 1. The van der Waals surface area contributed by atoms with Crippen molar-refractivity contribution in [2.24, 2.45) is 5.92 Å². The molecule has 0 spiro atoms. The molecule has 1 fully saturated rings. The third kappa shape index (κ3) is 3.40. The van der Waals surface area contributed by atoms with E-state index in [4.69, 9.17) is 9.47 Å². The van der Waals surface area contributed by atoms with Crippen LogP contribution < -0.4 is 10.1 Å². The van der Waals surface area contributed by atoms with Gasteiger partial charge in [0.15, 0.2) is 0 Å². The van der Waals surface area contributed by atoms with Crippen LogP contribution >= 0.6 is 0 Å². The fraction of sp³-hybridized carbons (Fsp3) is 0.529. The summed E-state index contributed by atoms with van der Waals surface area (Å²) >= 11 is 0. The SMILES string of the molecule is CCCO[C@@](C)(C(=O)Nc1ccc(OC)cc1C#N)C1CC1. The fourth-order valence-electron chi connectivity index (χ4n) is 2.42. The van der Waals surface area contributed by atoms with Gasteiger partial charge in [0.1, 0.15) is 17.4 Å². The lowest BCUT2D eigenvalue weighted by atomic mass is 9.98. The van der Waals surface area contributed by atoms with Gasteiger partial charge in [-0.15, -0.1) is 0 Å². The molecule has 5 heteroatoms. The Kier molecular flexibility index (Phi) is 5.04. The number of anilines is 1. The Labute approximate surface area is 131 Å². The number of methoxy groups -OCH3 is 1. The Morgan fingerprint density at radius 1 is 1.50 bits per heavy atom. The van der Waals surface area contributed by atoms with Crippen LogP contribution in [-0.2, 0) is 9.53 Å². The van der Waals surface area contributed by atoms with Crippen LogP contribution in [0.15, 0.2) is 18.2 Å². The Morgan fingerprint density at radius 2 is 2.23 bits per heavy atom. The van der Waals surface area contributed by atoms with Crippen LogP contribution in [0.2, 0.25) is 0 Å². The van der Waals surface area contributed by atoms with Crippen molar-refractivity contribution in [3.05, 3.63) is 23.8 Å². The molecule has 118 valence electrons. The van der Waals surface area contributed by atoms with Crippen molar-refractivity contribution in [2.75, 3.05) is 19.0 Å². The highest BCUT2D eigenvalue weighted by molar-refractivity contribution is 5.98. The summed E-state index contributed by atoms with van der Waals surface area (Å²) in [7, 11) is 1.54. The quantitative estimate of drug-likeness (QED) is 0.840. The van der Waals surface area contributed by atoms with Gasteiger partial charge >= 0.3 is 0 Å². The number of amides is 1. The average Bonchev–Trinajstić information content (AvgIpc) is 3.38. The summed E-state index contributed by atoms with van der Waals surface area (Å²) in [4.78, 5) is 12.7. The van der Waals surface area contributed by atoms with Gasteiger partial charge in [-0.2, -0.15) is 5.26 Å². The standard InChI is InChI=1S/C17H22N2O3/c1-4-9-22-17(2,13-5-6-13)16(20)19-15-8-7-14(21-3)10-12(15)11-18/h7-8,10,13H,4-6,9H2,1-3H3,(H,19,20)/t17-/m1/s1. The van der Waals surface area contributed by atoms with E-state index in [2.05, 4.69) is 11.4 Å². The lowest BCUT2D eigenvalue weighted by Crippen LogP contribution is -2.45. The molecule has 0 aliphatic heterocycles. The van der Waals surface area contributed by atoms with Crippen LogP contribution in [-0.4, -0.2) is 25.2 Å². The number of hydrogen-bond acceptors (Lipinski definition) is 4. The maximum absolute atomic E-state index is 12.7. The molecule has 1 aromatic rings. The van der Waals surface area contributed by atoms with Crippen molar-refractivity contribution in [1.29, 1.82) is 5.26 Å². The molecule has 0 radical (unpaired) electrons. The maximum Gasteiger partial charge on any atom is 0.256 e. The second-order valence-electron chi connectivity index (χ2n) is 5.71. The third-order valence-electron chi connectivity index (χ3n) is 4.01. The predicted octanol–water partition coefficient (Wildman–Crippen LogP) is 3.10. The number of nitrogens with zero attached hydrogens (tertiary/aromatic N) is 1. The minimum atomic E-state index is -0.831. The molecule has 0 saturated heterocycles. The van der Waals surface area contributed by atoms with Crippen LogP contribution in [0.1, 0.15) is 38.7 Å². The molecule has 0 bridgehead atoms. The minimum absolute atomic E-state index is 0.190. The van der Waals surface area contributed by atoms with Gasteiger partial charge < -0.3 is 14.8 Å². The van der Waals surface area contributed by atoms with Crippen LogP contribution in [0.5, 0.6) is 5.75 Å². The summed E-state index contributed by atoms with van der Waals surface area (Å²) in [6.45, 7) is 4.40. The second-order valence-corrected chi connectivity index (χ2v) is 5.71. The van der Waals surface area contributed by atoms with Crippen molar-refractivity contribution in [3.8, 4) is 11.8 Å². The number of carbonyl (C=O) groups excluding carboxylic acids is 1.